The molecular weight excluding hydrogens is 641 g/mol. The van der Waals surface area contributed by atoms with E-state index in [9.17, 15) is 34.5 Å². The molecule has 0 aromatic heterocycles. The first-order chi connectivity index (χ1) is 19.3. The Bertz CT molecular complexity index is 1380. The summed E-state index contributed by atoms with van der Waals surface area (Å²) in [6.45, 7) is 6.74. The fraction of sp³-hybridized carbons (Fsp3) is 0.633. The second kappa shape index (κ2) is 9.85. The maximum atomic E-state index is 13.9. The maximum Gasteiger partial charge on any atom is 0.343 e. The SMILES string of the molecule is C[C@@H]1C(=O)O[C@H]2[C@H](O)C34C5OC(=O)[C@@]3(OC3OC(=O)[C@H](OCc6ccc(C[C-]=O)cc6)C34[C@H](C(C)(C)C)[C@H]5O)[C@@]12O.[CH3-].[Y]. The third-order valence-corrected chi connectivity index (χ3v) is 10.6. The Labute approximate surface area is 273 Å². The first-order valence-electron chi connectivity index (χ1n) is 13.7. The minimum atomic E-state index is -2.40. The summed E-state index contributed by atoms with van der Waals surface area (Å²) in [6, 6.07) is 6.91. The molecule has 7 rings (SSSR count). The van der Waals surface area contributed by atoms with E-state index in [1.54, 1.807) is 24.3 Å². The first kappa shape index (κ1) is 32.6. The summed E-state index contributed by atoms with van der Waals surface area (Å²) >= 11 is 0. The third-order valence-electron chi connectivity index (χ3n) is 10.6. The Balaban J connectivity index is 0.00000184. The topological polar surface area (TPSA) is 175 Å². The summed E-state index contributed by atoms with van der Waals surface area (Å²) in [6.07, 6.45) is -7.28. The van der Waals surface area contributed by atoms with E-state index >= 15 is 0 Å². The molecular formula is C30H34O12Y-2. The number of aliphatic hydroxyl groups excluding tert-OH is 2. The van der Waals surface area contributed by atoms with Crippen LogP contribution in [-0.2, 0) is 88.6 Å². The molecule has 12 nitrogen and oxygen atoms in total. The molecule has 4 aliphatic heterocycles. The third kappa shape index (κ3) is 3.26. The Kier molecular flexibility index (Phi) is 7.47. The Morgan fingerprint density at radius 1 is 0.977 bits per heavy atom. The molecule has 43 heavy (non-hydrogen) atoms. The number of hydrogen-bond donors (Lipinski definition) is 3. The Morgan fingerprint density at radius 2 is 1.60 bits per heavy atom. The van der Waals surface area contributed by atoms with Crippen molar-refractivity contribution in [2.24, 2.45) is 28.1 Å². The van der Waals surface area contributed by atoms with Crippen LogP contribution in [0.2, 0.25) is 0 Å². The fourth-order valence-corrected chi connectivity index (χ4v) is 9.46. The van der Waals surface area contributed by atoms with Crippen LogP contribution >= 0.6 is 0 Å². The van der Waals surface area contributed by atoms with Crippen molar-refractivity contribution in [1.82, 2.24) is 0 Å². The molecule has 13 heteroatoms. The summed E-state index contributed by atoms with van der Waals surface area (Å²) in [5.74, 6) is -4.96. The van der Waals surface area contributed by atoms with E-state index in [2.05, 4.69) is 0 Å². The van der Waals surface area contributed by atoms with Gasteiger partial charge in [0.1, 0.15) is 12.2 Å². The van der Waals surface area contributed by atoms with E-state index < -0.39 is 94.0 Å². The molecule has 1 aromatic rings. The predicted molar refractivity (Wildman–Crippen MR) is 138 cm³/mol. The summed E-state index contributed by atoms with van der Waals surface area (Å²) in [5.41, 5.74) is -7.91. The van der Waals surface area contributed by atoms with Gasteiger partial charge in [-0.2, -0.15) is 0 Å². The number of fused-ring (bicyclic) bond motifs is 1. The van der Waals surface area contributed by atoms with Crippen molar-refractivity contribution < 1.29 is 90.9 Å². The van der Waals surface area contributed by atoms with Crippen molar-refractivity contribution in [2.45, 2.75) is 88.7 Å². The summed E-state index contributed by atoms with van der Waals surface area (Å²) in [5, 5.41) is 36.2. The van der Waals surface area contributed by atoms with Crippen LogP contribution < -0.4 is 0 Å². The maximum absolute atomic E-state index is 13.9. The van der Waals surface area contributed by atoms with Crippen LogP contribution in [0.5, 0.6) is 0 Å². The van der Waals surface area contributed by atoms with E-state index in [0.717, 1.165) is 5.56 Å². The number of ether oxygens (including phenoxy) is 5. The number of carbonyl (C=O) groups is 3. The smallest absolute Gasteiger partial charge is 0.343 e. The molecule has 2 spiro atoms. The van der Waals surface area contributed by atoms with Gasteiger partial charge in [-0.25, -0.2) is 9.59 Å². The van der Waals surface area contributed by atoms with E-state index in [1.807, 2.05) is 27.1 Å². The normalized spacial score (nSPS) is 46.5. The van der Waals surface area contributed by atoms with Gasteiger partial charge in [-0.1, -0.05) is 50.6 Å². The minimum absolute atomic E-state index is 0. The van der Waals surface area contributed by atoms with Crippen LogP contribution in [0.3, 0.4) is 0 Å². The van der Waals surface area contributed by atoms with Gasteiger partial charge in [-0.05, 0) is 17.9 Å². The van der Waals surface area contributed by atoms with Crippen molar-refractivity contribution in [3.8, 4) is 0 Å². The molecule has 4 saturated heterocycles. The molecule has 0 bridgehead atoms. The van der Waals surface area contributed by atoms with Crippen molar-refractivity contribution in [1.29, 1.82) is 0 Å². The van der Waals surface area contributed by atoms with E-state index in [4.69, 9.17) is 23.7 Å². The van der Waals surface area contributed by atoms with Crippen LogP contribution in [0, 0.1) is 35.5 Å². The summed E-state index contributed by atoms with van der Waals surface area (Å²) < 4.78 is 29.6. The average Bonchev–Trinajstić information content (AvgIpc) is 3.60. The van der Waals surface area contributed by atoms with Gasteiger partial charge in [0, 0.05) is 38.6 Å². The molecule has 12 atom stereocenters. The molecule has 1 radical (unpaired) electrons. The molecule has 0 amide bonds. The zero-order valence-electron chi connectivity index (χ0n) is 24.4. The van der Waals surface area contributed by atoms with Crippen molar-refractivity contribution in [3.63, 3.8) is 0 Å². The largest absolute Gasteiger partial charge is 0.541 e. The Hall–Kier alpha value is -1.80. The van der Waals surface area contributed by atoms with Gasteiger partial charge in [0.2, 0.25) is 11.9 Å². The number of esters is 3. The Morgan fingerprint density at radius 3 is 2.21 bits per heavy atom. The first-order valence-corrected chi connectivity index (χ1v) is 13.7. The van der Waals surface area contributed by atoms with Gasteiger partial charge in [0.05, 0.1) is 29.5 Å². The van der Waals surface area contributed by atoms with Gasteiger partial charge in [0.25, 0.3) is 0 Å². The van der Waals surface area contributed by atoms with E-state index in [1.165, 1.54) is 6.92 Å². The van der Waals surface area contributed by atoms with Gasteiger partial charge in [0.15, 0.2) is 17.8 Å². The average molecular weight is 675 g/mol. The second-order valence-corrected chi connectivity index (χ2v) is 13.2. The molecule has 6 fully saturated rings. The molecule has 2 aliphatic carbocycles. The number of rotatable bonds is 5. The van der Waals surface area contributed by atoms with Gasteiger partial charge in [-0.3, -0.25) is 11.1 Å². The predicted octanol–water partition coefficient (Wildman–Crippen LogP) is -0.0742. The molecule has 1 aromatic carbocycles. The van der Waals surface area contributed by atoms with Gasteiger partial charge < -0.3 is 51.2 Å². The molecule has 6 aliphatic rings. The van der Waals surface area contributed by atoms with Crippen LogP contribution in [0.4, 0.5) is 0 Å². The van der Waals surface area contributed by atoms with Crippen LogP contribution in [0.15, 0.2) is 24.3 Å². The standard InChI is InChI=1S/C29H31O12.CH3.Y/c1-12-21(33)38-19-17(32)27-18-15(31)16(25(2,3)4)26(27)20(37-11-14-7-5-13(6-8-14)9-10-30)22(34)40-24(26)41-29(27,23(35)39-18)28(12,19)36;;/h5-8,12,15-20,24,31-32,36H,9,11H2,1-4H3;1H3;/q2*-1;/t12-,15-,16+,17+,18?,19+,20+,24?,26?,27?,28-,29+;;/m1../s1. The van der Waals surface area contributed by atoms with E-state index in [-0.39, 0.29) is 53.2 Å². The summed E-state index contributed by atoms with van der Waals surface area (Å²) in [4.78, 5) is 50.9. The number of benzene rings is 1. The second-order valence-electron chi connectivity index (χ2n) is 13.2. The van der Waals surface area contributed by atoms with Crippen LogP contribution in [0.1, 0.15) is 38.8 Å². The van der Waals surface area contributed by atoms with Crippen molar-refractivity contribution >= 4 is 24.2 Å². The van der Waals surface area contributed by atoms with Crippen LogP contribution in [0.25, 0.3) is 0 Å². The quantitative estimate of drug-likeness (QED) is 0.216. The van der Waals surface area contributed by atoms with Gasteiger partial charge >= 0.3 is 17.9 Å². The zero-order chi connectivity index (χ0) is 29.5. The fourth-order valence-electron chi connectivity index (χ4n) is 9.46. The number of carbonyl (C=O) groups excluding carboxylic acids is 4. The zero-order valence-corrected chi connectivity index (χ0v) is 27.3. The molecule has 2 saturated carbocycles. The molecule has 4 unspecified atom stereocenters. The number of hydrogen-bond acceptors (Lipinski definition) is 12. The van der Waals surface area contributed by atoms with Crippen LogP contribution in [-0.4, -0.2) is 87.5 Å². The minimum Gasteiger partial charge on any atom is -0.541 e. The van der Waals surface area contributed by atoms with E-state index in [0.29, 0.717) is 5.56 Å². The number of aliphatic hydroxyl groups is 3. The molecule has 4 heterocycles. The van der Waals surface area contributed by atoms with Crippen molar-refractivity contribution in [2.75, 3.05) is 0 Å². The van der Waals surface area contributed by atoms with Gasteiger partial charge in [-0.15, -0.1) is 6.42 Å². The van der Waals surface area contributed by atoms with Crippen molar-refractivity contribution in [3.05, 3.63) is 42.8 Å². The molecule has 231 valence electrons. The summed E-state index contributed by atoms with van der Waals surface area (Å²) in [7, 11) is 0. The monoisotopic (exact) mass is 675 g/mol. The molecule has 3 N–H and O–H groups in total.